The number of nitrogens with two attached hydrogens (primary N) is 1. The van der Waals surface area contributed by atoms with Gasteiger partial charge in [-0.05, 0) is 30.3 Å². The number of phenolic OH excluding ortho intramolecular Hbond substituents is 1. The number of para-hydroxylation sites is 1. The number of amidine groups is 1. The minimum Gasteiger partial charge on any atom is -0.507 e. The lowest BCUT2D eigenvalue weighted by molar-refractivity contribution is -0.139. The predicted octanol–water partition coefficient (Wildman–Crippen LogP) is 3.61. The lowest BCUT2D eigenvalue weighted by Gasteiger charge is -2.25. The summed E-state index contributed by atoms with van der Waals surface area (Å²) in [6, 6.07) is 8.64. The van der Waals surface area contributed by atoms with Gasteiger partial charge in [-0.25, -0.2) is 0 Å². The van der Waals surface area contributed by atoms with Crippen molar-refractivity contribution >= 4 is 29.5 Å². The number of hydrogen-bond acceptors (Lipinski definition) is 4. The van der Waals surface area contributed by atoms with Crippen molar-refractivity contribution in [3.63, 3.8) is 0 Å². The lowest BCUT2D eigenvalue weighted by atomic mass is 10.1. The molecule has 0 radical (unpaired) electrons. The van der Waals surface area contributed by atoms with E-state index in [0.29, 0.717) is 5.56 Å². The molecule has 0 saturated heterocycles. The second-order valence-corrected chi connectivity index (χ2v) is 6.50. The predicted molar refractivity (Wildman–Crippen MR) is 109 cm³/mol. The first-order valence-corrected chi connectivity index (χ1v) is 9.03. The van der Waals surface area contributed by atoms with Gasteiger partial charge in [-0.1, -0.05) is 24.3 Å². The third-order valence-corrected chi connectivity index (χ3v) is 4.28. The van der Waals surface area contributed by atoms with Crippen LogP contribution in [0, 0.1) is 5.41 Å². The molecule has 2 aromatic rings. The number of aliphatic carboxylic acids is 1. The van der Waals surface area contributed by atoms with Crippen molar-refractivity contribution < 1.29 is 33.0 Å². The number of carboxylic acid groups (broad SMARTS) is 1. The van der Waals surface area contributed by atoms with Crippen LogP contribution in [0.1, 0.15) is 29.5 Å². The van der Waals surface area contributed by atoms with Gasteiger partial charge in [0.25, 0.3) is 0 Å². The first kappa shape index (κ1) is 23.5. The molecule has 7 nitrogen and oxygen atoms in total. The number of carboxylic acids is 1. The van der Waals surface area contributed by atoms with Gasteiger partial charge in [0.2, 0.25) is 5.91 Å². The number of nitrogens with zero attached hydrogens (tertiary/aromatic N) is 1. The number of benzene rings is 2. The molecule has 0 bridgehead atoms. The Bertz CT molecular complexity index is 1020. The summed E-state index contributed by atoms with van der Waals surface area (Å²) >= 11 is 0. The molecule has 0 unspecified atom stereocenters. The molecule has 5 N–H and O–H groups in total. The molecule has 0 spiro atoms. The van der Waals surface area contributed by atoms with Gasteiger partial charge in [-0.15, -0.1) is 0 Å². The summed E-state index contributed by atoms with van der Waals surface area (Å²) in [6.07, 6.45) is -3.02. The van der Waals surface area contributed by atoms with Crippen LogP contribution in [0.2, 0.25) is 0 Å². The summed E-state index contributed by atoms with van der Waals surface area (Å²) in [5.41, 5.74) is 4.54. The molecule has 0 atom stereocenters. The monoisotopic (exact) mass is 435 g/mol. The van der Waals surface area contributed by atoms with Crippen LogP contribution < -0.4 is 10.6 Å². The number of rotatable bonds is 8. The molecule has 0 aliphatic heterocycles. The fourth-order valence-corrected chi connectivity index (χ4v) is 2.77. The van der Waals surface area contributed by atoms with Gasteiger partial charge in [0, 0.05) is 24.1 Å². The highest BCUT2D eigenvalue weighted by Gasteiger charge is 2.35. The Morgan fingerprint density at radius 3 is 2.42 bits per heavy atom. The number of carbonyl (C=O) groups is 2. The molecule has 2 aromatic carbocycles. The van der Waals surface area contributed by atoms with Gasteiger partial charge >= 0.3 is 12.1 Å². The molecule has 164 valence electrons. The van der Waals surface area contributed by atoms with Gasteiger partial charge < -0.3 is 20.8 Å². The van der Waals surface area contributed by atoms with E-state index in [0.717, 1.165) is 17.0 Å². The zero-order chi connectivity index (χ0) is 23.2. The van der Waals surface area contributed by atoms with E-state index in [2.05, 4.69) is 0 Å². The molecular weight excluding hydrogens is 415 g/mol. The summed E-state index contributed by atoms with van der Waals surface area (Å²) in [7, 11) is 0. The van der Waals surface area contributed by atoms with Crippen molar-refractivity contribution in [3.8, 4) is 5.75 Å². The molecule has 0 saturated carbocycles. The summed E-state index contributed by atoms with van der Waals surface area (Å²) in [5, 5.41) is 26.2. The number of carbonyl (C=O) groups excluding carboxylic acids is 1. The van der Waals surface area contributed by atoms with E-state index < -0.39 is 42.1 Å². The van der Waals surface area contributed by atoms with Gasteiger partial charge in [0.05, 0.1) is 17.7 Å². The lowest BCUT2D eigenvalue weighted by Crippen LogP contribution is -2.33. The Labute approximate surface area is 175 Å². The second kappa shape index (κ2) is 9.79. The third kappa shape index (κ3) is 6.33. The summed E-state index contributed by atoms with van der Waals surface area (Å²) in [6.45, 7) is -0.310. The third-order valence-electron chi connectivity index (χ3n) is 4.28. The van der Waals surface area contributed by atoms with E-state index in [4.69, 9.17) is 16.2 Å². The van der Waals surface area contributed by atoms with E-state index in [9.17, 15) is 27.9 Å². The van der Waals surface area contributed by atoms with Gasteiger partial charge in [0.1, 0.15) is 11.6 Å². The van der Waals surface area contributed by atoms with Crippen LogP contribution in [0.5, 0.6) is 5.75 Å². The van der Waals surface area contributed by atoms with Crippen LogP contribution in [0.3, 0.4) is 0 Å². The topological polar surface area (TPSA) is 128 Å². The molecule has 0 aromatic heterocycles. The molecule has 10 heteroatoms. The van der Waals surface area contributed by atoms with E-state index in [1.165, 1.54) is 42.5 Å². The van der Waals surface area contributed by atoms with Crippen molar-refractivity contribution in [2.75, 3.05) is 11.4 Å². The van der Waals surface area contributed by atoms with Crippen molar-refractivity contribution in [1.29, 1.82) is 5.41 Å². The molecule has 31 heavy (non-hydrogen) atoms. The molecule has 0 heterocycles. The van der Waals surface area contributed by atoms with Crippen molar-refractivity contribution in [1.82, 2.24) is 0 Å². The number of nitrogen functional groups attached to an aromatic ring is 1. The quantitative estimate of drug-likeness (QED) is 0.372. The van der Waals surface area contributed by atoms with E-state index in [1.54, 1.807) is 0 Å². The van der Waals surface area contributed by atoms with Crippen LogP contribution in [0.25, 0.3) is 6.08 Å². The highest BCUT2D eigenvalue weighted by atomic mass is 19.4. The maximum Gasteiger partial charge on any atom is 0.418 e. The number of anilines is 1. The second-order valence-electron chi connectivity index (χ2n) is 6.50. The van der Waals surface area contributed by atoms with Crippen LogP contribution in [-0.2, 0) is 15.8 Å². The molecular formula is C21H20F3N3O4. The first-order valence-electron chi connectivity index (χ1n) is 9.03. The van der Waals surface area contributed by atoms with Crippen LogP contribution >= 0.6 is 0 Å². The Kier molecular flexibility index (Phi) is 7.41. The molecule has 0 aliphatic rings. The fourth-order valence-electron chi connectivity index (χ4n) is 2.77. The SMILES string of the molecule is N=C(N)c1ccc(O)c(C=CCN(C(=O)CCC(=O)O)c2ccccc2C(F)(F)F)c1. The number of nitrogens with one attached hydrogen (secondary N) is 1. The smallest absolute Gasteiger partial charge is 0.418 e. The Morgan fingerprint density at radius 2 is 1.81 bits per heavy atom. The number of amides is 1. The average Bonchev–Trinajstić information content (AvgIpc) is 2.69. The summed E-state index contributed by atoms with van der Waals surface area (Å²) in [5.74, 6) is -2.44. The van der Waals surface area contributed by atoms with Crippen LogP contribution in [-0.4, -0.2) is 34.5 Å². The number of halogens is 3. The maximum absolute atomic E-state index is 13.4. The largest absolute Gasteiger partial charge is 0.507 e. The number of hydrogen-bond donors (Lipinski definition) is 4. The molecule has 0 fully saturated rings. The highest BCUT2D eigenvalue weighted by molar-refractivity contribution is 5.96. The van der Waals surface area contributed by atoms with Gasteiger partial charge in [-0.2, -0.15) is 13.2 Å². The van der Waals surface area contributed by atoms with Crippen LogP contribution in [0.4, 0.5) is 18.9 Å². The standard InChI is InChI=1S/C21H20F3N3O4/c22-21(23,24)15-5-1-2-6-16(15)27(18(29)9-10-19(30)31)11-3-4-13-12-14(20(25)26)7-8-17(13)28/h1-8,12,28H,9-11H2,(H3,25,26)(H,30,31). The molecule has 1 amide bonds. The van der Waals surface area contributed by atoms with Crippen molar-refractivity contribution in [2.24, 2.45) is 5.73 Å². The number of aromatic hydroxyl groups is 1. The average molecular weight is 435 g/mol. The molecule has 2 rings (SSSR count). The number of alkyl halides is 3. The molecule has 0 aliphatic carbocycles. The Hall–Kier alpha value is -3.82. The minimum atomic E-state index is -4.72. The fraction of sp³-hybridized carbons (Fsp3) is 0.190. The minimum absolute atomic E-state index is 0.152. The maximum atomic E-state index is 13.4. The zero-order valence-corrected chi connectivity index (χ0v) is 16.2. The van der Waals surface area contributed by atoms with Crippen molar-refractivity contribution in [3.05, 3.63) is 65.2 Å². The van der Waals surface area contributed by atoms with E-state index in [1.807, 2.05) is 0 Å². The Morgan fingerprint density at radius 1 is 1.13 bits per heavy atom. The van der Waals surface area contributed by atoms with E-state index in [-0.39, 0.29) is 23.7 Å². The number of phenols is 1. The van der Waals surface area contributed by atoms with Gasteiger partial charge in [0.15, 0.2) is 0 Å². The Balaban J connectivity index is 2.38. The zero-order valence-electron chi connectivity index (χ0n) is 16.2. The normalized spacial score (nSPS) is 11.5. The summed E-state index contributed by atoms with van der Waals surface area (Å²) < 4.78 is 40.3. The van der Waals surface area contributed by atoms with E-state index >= 15 is 0 Å². The van der Waals surface area contributed by atoms with Gasteiger partial charge in [-0.3, -0.25) is 15.0 Å². The summed E-state index contributed by atoms with van der Waals surface area (Å²) in [4.78, 5) is 24.2. The van der Waals surface area contributed by atoms with Crippen LogP contribution in [0.15, 0.2) is 48.5 Å². The van der Waals surface area contributed by atoms with Crippen molar-refractivity contribution in [2.45, 2.75) is 19.0 Å². The first-order chi connectivity index (χ1) is 14.5. The highest BCUT2D eigenvalue weighted by Crippen LogP contribution is 2.36.